The second-order valence-corrected chi connectivity index (χ2v) is 6.12. The van der Waals surface area contributed by atoms with Crippen molar-refractivity contribution in [1.29, 1.82) is 0 Å². The Labute approximate surface area is 143 Å². The molecular weight excluding hydrogens is 345 g/mol. The van der Waals surface area contributed by atoms with Crippen molar-refractivity contribution < 1.29 is 22.8 Å². The van der Waals surface area contributed by atoms with Crippen molar-refractivity contribution >= 4 is 29.1 Å². The van der Waals surface area contributed by atoms with E-state index in [2.05, 4.69) is 5.32 Å². The van der Waals surface area contributed by atoms with Gasteiger partial charge in [-0.05, 0) is 31.0 Å². The quantitative estimate of drug-likeness (QED) is 0.823. The van der Waals surface area contributed by atoms with Gasteiger partial charge in [0.05, 0.1) is 10.6 Å². The molecule has 8 heteroatoms. The molecule has 0 saturated carbocycles. The Kier molecular flexibility index (Phi) is 6.10. The number of hydrogen-bond donors (Lipinski definition) is 1. The number of benzene rings is 1. The zero-order valence-corrected chi connectivity index (χ0v) is 13.7. The van der Waals surface area contributed by atoms with Crippen molar-refractivity contribution in [3.8, 4) is 0 Å². The van der Waals surface area contributed by atoms with E-state index in [0.717, 1.165) is 37.8 Å². The minimum atomic E-state index is -4.61. The van der Waals surface area contributed by atoms with E-state index in [9.17, 15) is 22.8 Å². The molecule has 0 atom stereocenters. The lowest BCUT2D eigenvalue weighted by atomic mass is 10.2. The summed E-state index contributed by atoms with van der Waals surface area (Å²) in [5.74, 6) is -0.945. The number of likely N-dealkylation sites (tertiary alicyclic amines) is 1. The van der Waals surface area contributed by atoms with E-state index in [4.69, 9.17) is 11.6 Å². The van der Waals surface area contributed by atoms with E-state index in [0.29, 0.717) is 13.1 Å². The molecule has 0 aromatic heterocycles. The number of anilines is 1. The van der Waals surface area contributed by atoms with Crippen LogP contribution in [0.1, 0.15) is 37.7 Å². The molecule has 1 aromatic rings. The van der Waals surface area contributed by atoms with Crippen molar-refractivity contribution in [2.24, 2.45) is 0 Å². The van der Waals surface area contributed by atoms with E-state index in [1.54, 1.807) is 4.90 Å². The predicted octanol–water partition coefficient (Wildman–Crippen LogP) is 4.09. The molecule has 1 aliphatic heterocycles. The fourth-order valence-electron chi connectivity index (χ4n) is 2.59. The van der Waals surface area contributed by atoms with Crippen LogP contribution in [0.4, 0.5) is 18.9 Å². The summed E-state index contributed by atoms with van der Waals surface area (Å²) >= 11 is 5.53. The van der Waals surface area contributed by atoms with Gasteiger partial charge < -0.3 is 10.2 Å². The van der Waals surface area contributed by atoms with Gasteiger partial charge in [0.25, 0.3) is 0 Å². The Hall–Kier alpha value is -1.76. The van der Waals surface area contributed by atoms with Gasteiger partial charge in [0.1, 0.15) is 6.42 Å². The molecule has 24 heavy (non-hydrogen) atoms. The number of alkyl halides is 3. The summed E-state index contributed by atoms with van der Waals surface area (Å²) in [5.41, 5.74) is -1.07. The highest BCUT2D eigenvalue weighted by molar-refractivity contribution is 6.31. The van der Waals surface area contributed by atoms with Gasteiger partial charge >= 0.3 is 6.18 Å². The average Bonchev–Trinajstić information content (AvgIpc) is 2.77. The summed E-state index contributed by atoms with van der Waals surface area (Å²) in [4.78, 5) is 25.7. The molecule has 1 heterocycles. The van der Waals surface area contributed by atoms with Gasteiger partial charge in [-0.1, -0.05) is 24.4 Å². The van der Waals surface area contributed by atoms with Crippen molar-refractivity contribution in [2.45, 2.75) is 38.3 Å². The van der Waals surface area contributed by atoms with Crippen LogP contribution in [-0.2, 0) is 15.8 Å². The summed E-state index contributed by atoms with van der Waals surface area (Å²) in [7, 11) is 0. The first kappa shape index (κ1) is 18.6. The second-order valence-electron chi connectivity index (χ2n) is 5.71. The van der Waals surface area contributed by atoms with E-state index < -0.39 is 22.7 Å². The highest BCUT2D eigenvalue weighted by Gasteiger charge is 2.33. The number of rotatable bonds is 3. The molecular formula is C16H18ClF3N2O2. The molecule has 0 unspecified atom stereocenters. The van der Waals surface area contributed by atoms with Gasteiger partial charge in [-0.3, -0.25) is 9.59 Å². The van der Waals surface area contributed by atoms with Gasteiger partial charge in [-0.25, -0.2) is 0 Å². The number of carbonyl (C=O) groups is 2. The summed E-state index contributed by atoms with van der Waals surface area (Å²) in [5, 5.41) is 1.88. The third-order valence-corrected chi connectivity index (χ3v) is 4.16. The number of nitrogens with zero attached hydrogens (tertiary/aromatic N) is 1. The van der Waals surface area contributed by atoms with Gasteiger partial charge in [-0.15, -0.1) is 0 Å². The molecule has 0 radical (unpaired) electrons. The average molecular weight is 363 g/mol. The fraction of sp³-hybridized carbons (Fsp3) is 0.500. The van der Waals surface area contributed by atoms with Gasteiger partial charge in [0.15, 0.2) is 0 Å². The molecule has 0 spiro atoms. The molecule has 1 saturated heterocycles. The Morgan fingerprint density at radius 3 is 2.33 bits per heavy atom. The summed E-state index contributed by atoms with van der Waals surface area (Å²) in [6.07, 6.45) is -1.08. The highest BCUT2D eigenvalue weighted by atomic mass is 35.5. The van der Waals surface area contributed by atoms with E-state index in [1.807, 2.05) is 0 Å². The SMILES string of the molecule is O=C(CC(=O)N1CCCCCC1)Nc1ccc(Cl)c(C(F)(F)F)c1. The zero-order valence-electron chi connectivity index (χ0n) is 13.0. The van der Waals surface area contributed by atoms with Crippen LogP contribution < -0.4 is 5.32 Å². The normalized spacial score (nSPS) is 15.8. The minimum absolute atomic E-state index is 0.0413. The van der Waals surface area contributed by atoms with Crippen LogP contribution in [0, 0.1) is 0 Å². The van der Waals surface area contributed by atoms with Crippen LogP contribution in [-0.4, -0.2) is 29.8 Å². The standard InChI is InChI=1S/C16H18ClF3N2O2/c17-13-6-5-11(9-12(13)16(18,19)20)21-14(23)10-15(24)22-7-3-1-2-4-8-22/h5-6,9H,1-4,7-8,10H2,(H,21,23). The summed E-state index contributed by atoms with van der Waals surface area (Å²) < 4.78 is 38.4. The number of hydrogen-bond acceptors (Lipinski definition) is 2. The second kappa shape index (κ2) is 7.88. The topological polar surface area (TPSA) is 49.4 Å². The van der Waals surface area contributed by atoms with E-state index in [1.165, 1.54) is 6.07 Å². The van der Waals surface area contributed by atoms with Crippen LogP contribution in [0.3, 0.4) is 0 Å². The first-order chi connectivity index (χ1) is 11.3. The van der Waals surface area contributed by atoms with E-state index >= 15 is 0 Å². The fourth-order valence-corrected chi connectivity index (χ4v) is 2.82. The van der Waals surface area contributed by atoms with Crippen molar-refractivity contribution in [3.63, 3.8) is 0 Å². The number of amides is 2. The third kappa shape index (κ3) is 5.12. The molecule has 2 rings (SSSR count). The molecule has 1 N–H and O–H groups in total. The third-order valence-electron chi connectivity index (χ3n) is 3.83. The first-order valence-corrected chi connectivity index (χ1v) is 8.09. The van der Waals surface area contributed by atoms with Gasteiger partial charge in [-0.2, -0.15) is 13.2 Å². The Bertz CT molecular complexity index is 612. The van der Waals surface area contributed by atoms with Gasteiger partial charge in [0.2, 0.25) is 11.8 Å². The van der Waals surface area contributed by atoms with Crippen LogP contribution >= 0.6 is 11.6 Å². The maximum Gasteiger partial charge on any atom is 0.417 e. The molecule has 2 amide bonds. The van der Waals surface area contributed by atoms with Crippen LogP contribution in [0.2, 0.25) is 5.02 Å². The molecule has 1 aliphatic rings. The van der Waals surface area contributed by atoms with Crippen molar-refractivity contribution in [1.82, 2.24) is 4.90 Å². The maximum atomic E-state index is 12.8. The lowest BCUT2D eigenvalue weighted by Gasteiger charge is -2.20. The molecule has 0 bridgehead atoms. The van der Waals surface area contributed by atoms with Crippen molar-refractivity contribution in [3.05, 3.63) is 28.8 Å². The van der Waals surface area contributed by atoms with Crippen molar-refractivity contribution in [2.75, 3.05) is 18.4 Å². The molecule has 1 fully saturated rings. The highest BCUT2D eigenvalue weighted by Crippen LogP contribution is 2.36. The Balaban J connectivity index is 1.98. The van der Waals surface area contributed by atoms with Crippen LogP contribution in [0.15, 0.2) is 18.2 Å². The lowest BCUT2D eigenvalue weighted by molar-refractivity contribution is -0.138. The Morgan fingerprint density at radius 1 is 1.12 bits per heavy atom. The first-order valence-electron chi connectivity index (χ1n) is 7.72. The monoisotopic (exact) mass is 362 g/mol. The minimum Gasteiger partial charge on any atom is -0.342 e. The Morgan fingerprint density at radius 2 is 1.75 bits per heavy atom. The lowest BCUT2D eigenvalue weighted by Crippen LogP contribution is -2.34. The smallest absolute Gasteiger partial charge is 0.342 e. The number of halogens is 4. The maximum absolute atomic E-state index is 12.8. The molecule has 0 aliphatic carbocycles. The number of carbonyl (C=O) groups excluding carboxylic acids is 2. The van der Waals surface area contributed by atoms with Crippen LogP contribution in [0.25, 0.3) is 0 Å². The summed E-state index contributed by atoms with van der Waals surface area (Å²) in [6.45, 7) is 1.23. The van der Waals surface area contributed by atoms with E-state index in [-0.39, 0.29) is 18.0 Å². The predicted molar refractivity (Wildman–Crippen MR) is 84.7 cm³/mol. The molecule has 1 aromatic carbocycles. The van der Waals surface area contributed by atoms with Crippen LogP contribution in [0.5, 0.6) is 0 Å². The molecule has 4 nitrogen and oxygen atoms in total. The zero-order chi connectivity index (χ0) is 17.7. The number of nitrogens with one attached hydrogen (secondary N) is 1. The summed E-state index contributed by atoms with van der Waals surface area (Å²) in [6, 6.07) is 3.10. The molecule has 132 valence electrons. The largest absolute Gasteiger partial charge is 0.417 e. The van der Waals surface area contributed by atoms with Gasteiger partial charge in [0, 0.05) is 18.8 Å².